The van der Waals surface area contributed by atoms with E-state index in [0.717, 1.165) is 11.3 Å². The van der Waals surface area contributed by atoms with Gasteiger partial charge in [-0.05, 0) is 31.2 Å². The third-order valence-corrected chi connectivity index (χ3v) is 5.21. The highest BCUT2D eigenvalue weighted by Crippen LogP contribution is 2.29. The molecule has 10 heteroatoms. The number of nitrogens with one attached hydrogen (secondary N) is 2. The van der Waals surface area contributed by atoms with Crippen molar-refractivity contribution in [3.8, 4) is 11.3 Å². The molecule has 0 saturated heterocycles. The molecule has 0 saturated carbocycles. The van der Waals surface area contributed by atoms with Crippen molar-refractivity contribution in [2.24, 2.45) is 0 Å². The Labute approximate surface area is 180 Å². The second-order valence-corrected chi connectivity index (χ2v) is 7.78. The molecule has 2 heterocycles. The summed E-state index contributed by atoms with van der Waals surface area (Å²) in [7, 11) is 0. The molecular formula is C19H15Cl2FN4O2S. The molecule has 2 amide bonds. The van der Waals surface area contributed by atoms with Crippen molar-refractivity contribution in [2.45, 2.75) is 20.3 Å². The number of pyridine rings is 1. The van der Waals surface area contributed by atoms with Gasteiger partial charge in [-0.2, -0.15) is 0 Å². The summed E-state index contributed by atoms with van der Waals surface area (Å²) in [5, 5.41) is 7.63. The summed E-state index contributed by atoms with van der Waals surface area (Å²) < 4.78 is 14.4. The van der Waals surface area contributed by atoms with E-state index in [-0.39, 0.29) is 29.0 Å². The van der Waals surface area contributed by atoms with Crippen molar-refractivity contribution in [2.75, 3.05) is 10.6 Å². The van der Waals surface area contributed by atoms with E-state index in [0.29, 0.717) is 32.8 Å². The molecule has 0 aliphatic rings. The van der Waals surface area contributed by atoms with E-state index in [4.69, 9.17) is 23.2 Å². The Balaban J connectivity index is 1.72. The highest BCUT2D eigenvalue weighted by Gasteiger charge is 2.16. The number of aromatic nitrogens is 2. The van der Waals surface area contributed by atoms with Gasteiger partial charge in [0.05, 0.1) is 12.1 Å². The number of nitrogens with zero attached hydrogens (tertiary/aromatic N) is 2. The Morgan fingerprint density at radius 2 is 1.93 bits per heavy atom. The third-order valence-electron chi connectivity index (χ3n) is 3.80. The van der Waals surface area contributed by atoms with Gasteiger partial charge in [0.15, 0.2) is 5.13 Å². The topological polar surface area (TPSA) is 84.0 Å². The molecule has 2 N–H and O–H groups in total. The lowest BCUT2D eigenvalue weighted by molar-refractivity contribution is -0.116. The normalized spacial score (nSPS) is 10.7. The van der Waals surface area contributed by atoms with Crippen LogP contribution in [0, 0.1) is 12.7 Å². The van der Waals surface area contributed by atoms with Crippen LogP contribution in [-0.2, 0) is 16.0 Å². The van der Waals surface area contributed by atoms with Gasteiger partial charge in [-0.1, -0.05) is 23.2 Å². The minimum Gasteiger partial charge on any atom is -0.326 e. The van der Waals surface area contributed by atoms with Gasteiger partial charge >= 0.3 is 0 Å². The molecule has 0 aliphatic heterocycles. The number of benzene rings is 1. The summed E-state index contributed by atoms with van der Waals surface area (Å²) in [6.45, 7) is 3.09. The molecule has 0 spiro atoms. The predicted molar refractivity (Wildman–Crippen MR) is 113 cm³/mol. The second-order valence-electron chi connectivity index (χ2n) is 6.15. The fourth-order valence-corrected chi connectivity index (χ4v) is 3.95. The molecule has 0 bridgehead atoms. The van der Waals surface area contributed by atoms with E-state index in [1.165, 1.54) is 19.1 Å². The van der Waals surface area contributed by atoms with Crippen LogP contribution in [0.15, 0.2) is 29.6 Å². The Bertz CT molecular complexity index is 1080. The second kappa shape index (κ2) is 8.86. The lowest BCUT2D eigenvalue weighted by atomic mass is 10.1. The molecule has 0 radical (unpaired) electrons. The van der Waals surface area contributed by atoms with Crippen LogP contribution < -0.4 is 10.6 Å². The van der Waals surface area contributed by atoms with Crippen LogP contribution in [0.5, 0.6) is 0 Å². The summed E-state index contributed by atoms with van der Waals surface area (Å²) in [6.07, 6.45) is -0.0698. The van der Waals surface area contributed by atoms with Gasteiger partial charge in [-0.25, -0.2) is 14.4 Å². The monoisotopic (exact) mass is 452 g/mol. The zero-order valence-electron chi connectivity index (χ0n) is 15.3. The van der Waals surface area contributed by atoms with E-state index in [9.17, 15) is 14.0 Å². The van der Waals surface area contributed by atoms with Crippen LogP contribution in [0.1, 0.15) is 18.2 Å². The first-order chi connectivity index (χ1) is 13.7. The number of halogens is 3. The number of hydrogen-bond acceptors (Lipinski definition) is 5. The van der Waals surface area contributed by atoms with Gasteiger partial charge in [-0.15, -0.1) is 11.3 Å². The molecule has 2 aromatic heterocycles. The van der Waals surface area contributed by atoms with E-state index < -0.39 is 5.82 Å². The Morgan fingerprint density at radius 3 is 2.59 bits per heavy atom. The van der Waals surface area contributed by atoms with Crippen LogP contribution in [0.3, 0.4) is 0 Å². The van der Waals surface area contributed by atoms with E-state index in [2.05, 4.69) is 20.6 Å². The predicted octanol–water partition coefficient (Wildman–Crippen LogP) is 5.10. The lowest BCUT2D eigenvalue weighted by Gasteiger charge is -2.07. The number of thiazole rings is 1. The maximum Gasteiger partial charge on any atom is 0.230 e. The van der Waals surface area contributed by atoms with Gasteiger partial charge in [-0.3, -0.25) is 9.59 Å². The smallest absolute Gasteiger partial charge is 0.230 e. The summed E-state index contributed by atoms with van der Waals surface area (Å²) in [6, 6.07) is 5.93. The van der Waals surface area contributed by atoms with Gasteiger partial charge in [0.2, 0.25) is 11.8 Å². The SMILES string of the molecule is CC(=O)Nc1ccc(-c2csc(NC(=O)Cc3c(Cl)cc(C)nc3Cl)n2)c(F)c1. The summed E-state index contributed by atoms with van der Waals surface area (Å²) in [5.41, 5.74) is 2.05. The minimum absolute atomic E-state index is 0.0698. The van der Waals surface area contributed by atoms with Crippen molar-refractivity contribution >= 4 is 57.2 Å². The largest absolute Gasteiger partial charge is 0.326 e. The first-order valence-corrected chi connectivity index (χ1v) is 10.0. The molecule has 3 aromatic rings. The zero-order chi connectivity index (χ0) is 21.1. The maximum atomic E-state index is 14.4. The molecular weight excluding hydrogens is 438 g/mol. The average Bonchev–Trinajstić information content (AvgIpc) is 3.05. The summed E-state index contributed by atoms with van der Waals surface area (Å²) in [5.74, 6) is -1.20. The van der Waals surface area contributed by atoms with E-state index in [1.54, 1.807) is 24.4 Å². The number of aryl methyl sites for hydroxylation is 1. The quantitative estimate of drug-likeness (QED) is 0.527. The van der Waals surface area contributed by atoms with Crippen molar-refractivity contribution in [3.63, 3.8) is 0 Å². The maximum absolute atomic E-state index is 14.4. The Hall–Kier alpha value is -2.55. The lowest BCUT2D eigenvalue weighted by Crippen LogP contribution is -2.15. The van der Waals surface area contributed by atoms with Crippen molar-refractivity contribution in [1.29, 1.82) is 0 Å². The van der Waals surface area contributed by atoms with Gasteiger partial charge in [0.1, 0.15) is 11.0 Å². The number of anilines is 2. The zero-order valence-corrected chi connectivity index (χ0v) is 17.7. The average molecular weight is 453 g/mol. The van der Waals surface area contributed by atoms with Gasteiger partial charge < -0.3 is 10.6 Å². The minimum atomic E-state index is -0.538. The Morgan fingerprint density at radius 1 is 1.17 bits per heavy atom. The molecule has 150 valence electrons. The Kier molecular flexibility index (Phi) is 6.46. The summed E-state index contributed by atoms with van der Waals surface area (Å²) >= 11 is 13.4. The first kappa shape index (κ1) is 21.2. The van der Waals surface area contributed by atoms with Gasteiger partial charge in [0, 0.05) is 39.8 Å². The van der Waals surface area contributed by atoms with Crippen molar-refractivity contribution < 1.29 is 14.0 Å². The standard InChI is InChI=1S/C19H15Cl2FN4O2S/c1-9-5-14(20)13(18(21)23-9)7-17(28)26-19-25-16(8-29-19)12-4-3-11(6-15(12)22)24-10(2)27/h3-6,8H,7H2,1-2H3,(H,24,27)(H,25,26,28). The number of hydrogen-bond donors (Lipinski definition) is 2. The van der Waals surface area contributed by atoms with Crippen LogP contribution >= 0.6 is 34.5 Å². The van der Waals surface area contributed by atoms with Crippen LogP contribution in [0.25, 0.3) is 11.3 Å². The number of carbonyl (C=O) groups is 2. The van der Waals surface area contributed by atoms with Crippen molar-refractivity contribution in [1.82, 2.24) is 9.97 Å². The molecule has 1 aromatic carbocycles. The van der Waals surface area contributed by atoms with E-state index >= 15 is 0 Å². The first-order valence-electron chi connectivity index (χ1n) is 8.37. The highest BCUT2D eigenvalue weighted by molar-refractivity contribution is 7.14. The molecule has 29 heavy (non-hydrogen) atoms. The highest BCUT2D eigenvalue weighted by atomic mass is 35.5. The molecule has 0 unspecified atom stereocenters. The number of amides is 2. The molecule has 0 atom stereocenters. The van der Waals surface area contributed by atoms with Crippen LogP contribution in [-0.4, -0.2) is 21.8 Å². The molecule has 0 aliphatic carbocycles. The molecule has 3 rings (SSSR count). The fourth-order valence-electron chi connectivity index (χ4n) is 2.56. The van der Waals surface area contributed by atoms with Crippen LogP contribution in [0.4, 0.5) is 15.2 Å². The van der Waals surface area contributed by atoms with Gasteiger partial charge in [0.25, 0.3) is 0 Å². The number of rotatable bonds is 5. The fraction of sp³-hybridized carbons (Fsp3) is 0.158. The van der Waals surface area contributed by atoms with E-state index in [1.807, 2.05) is 0 Å². The summed E-state index contributed by atoms with van der Waals surface area (Å²) in [4.78, 5) is 31.7. The third kappa shape index (κ3) is 5.29. The number of carbonyl (C=O) groups excluding carboxylic acids is 2. The van der Waals surface area contributed by atoms with Crippen LogP contribution in [0.2, 0.25) is 10.2 Å². The molecule has 0 fully saturated rings. The van der Waals surface area contributed by atoms with Crippen molar-refractivity contribution in [3.05, 3.63) is 56.9 Å². The molecule has 6 nitrogen and oxygen atoms in total.